The number of hydrogen-bond acceptors (Lipinski definition) is 4. The van der Waals surface area contributed by atoms with E-state index in [0.717, 1.165) is 22.6 Å². The van der Waals surface area contributed by atoms with Gasteiger partial charge < -0.3 is 14.6 Å². The van der Waals surface area contributed by atoms with E-state index in [1.807, 2.05) is 29.8 Å². The molecule has 96 valence electrons. The Bertz CT molecular complexity index is 527. The van der Waals surface area contributed by atoms with Crippen molar-refractivity contribution in [2.24, 2.45) is 7.05 Å². The molecule has 18 heavy (non-hydrogen) atoms. The van der Waals surface area contributed by atoms with Crippen LogP contribution >= 0.6 is 15.9 Å². The Balaban J connectivity index is 1.91. The van der Waals surface area contributed by atoms with Gasteiger partial charge in [0.25, 0.3) is 0 Å². The van der Waals surface area contributed by atoms with Crippen molar-refractivity contribution in [3.63, 3.8) is 0 Å². The van der Waals surface area contributed by atoms with Crippen molar-refractivity contribution in [2.75, 3.05) is 7.11 Å². The van der Waals surface area contributed by atoms with E-state index in [9.17, 15) is 0 Å². The van der Waals surface area contributed by atoms with Gasteiger partial charge in [0.15, 0.2) is 0 Å². The average molecular weight is 311 g/mol. The van der Waals surface area contributed by atoms with E-state index in [-0.39, 0.29) is 0 Å². The lowest BCUT2D eigenvalue weighted by molar-refractivity contribution is 0.412. The lowest BCUT2D eigenvalue weighted by Gasteiger charge is -2.07. The maximum absolute atomic E-state index is 5.19. The first-order chi connectivity index (χ1) is 8.70. The van der Waals surface area contributed by atoms with Crippen molar-refractivity contribution in [3.8, 4) is 5.75 Å². The molecule has 0 unspecified atom stereocenters. The van der Waals surface area contributed by atoms with E-state index in [1.165, 1.54) is 5.56 Å². The fraction of sp³-hybridized carbons (Fsp3) is 0.333. The summed E-state index contributed by atoms with van der Waals surface area (Å²) in [5.41, 5.74) is 1.19. The predicted octanol–water partition coefficient (Wildman–Crippen LogP) is 1.88. The molecule has 0 aliphatic carbocycles. The van der Waals surface area contributed by atoms with E-state index in [2.05, 4.69) is 31.4 Å². The maximum atomic E-state index is 5.19. The SMILES string of the molecule is COc1ccc(CNCc2nncn2C)cc1Br. The number of nitrogens with one attached hydrogen (secondary N) is 1. The molecule has 1 N–H and O–H groups in total. The Morgan fingerprint density at radius 3 is 2.83 bits per heavy atom. The number of hydrogen-bond donors (Lipinski definition) is 1. The molecule has 0 bridgehead atoms. The van der Waals surface area contributed by atoms with Crippen molar-refractivity contribution >= 4 is 15.9 Å². The fourth-order valence-electron chi connectivity index (χ4n) is 1.61. The Labute approximate surface area is 114 Å². The molecule has 0 fully saturated rings. The molecular weight excluding hydrogens is 296 g/mol. The van der Waals surface area contributed by atoms with Crippen LogP contribution in [-0.2, 0) is 20.1 Å². The van der Waals surface area contributed by atoms with Crippen molar-refractivity contribution < 1.29 is 4.74 Å². The molecule has 0 saturated heterocycles. The number of halogens is 1. The van der Waals surface area contributed by atoms with Crippen LogP contribution in [0.5, 0.6) is 5.75 Å². The molecule has 1 aromatic heterocycles. The maximum Gasteiger partial charge on any atom is 0.146 e. The third-order valence-corrected chi connectivity index (χ3v) is 3.25. The van der Waals surface area contributed by atoms with E-state index in [4.69, 9.17) is 4.74 Å². The van der Waals surface area contributed by atoms with Gasteiger partial charge in [0.2, 0.25) is 0 Å². The molecule has 0 spiro atoms. The Kier molecular flexibility index (Phi) is 4.33. The second-order valence-electron chi connectivity index (χ2n) is 3.93. The summed E-state index contributed by atoms with van der Waals surface area (Å²) in [6.07, 6.45) is 1.70. The summed E-state index contributed by atoms with van der Waals surface area (Å²) in [6, 6.07) is 6.03. The van der Waals surface area contributed by atoms with E-state index >= 15 is 0 Å². The first-order valence-corrected chi connectivity index (χ1v) is 6.36. The van der Waals surface area contributed by atoms with Crippen LogP contribution in [0.4, 0.5) is 0 Å². The Hall–Kier alpha value is -1.40. The second-order valence-corrected chi connectivity index (χ2v) is 4.78. The summed E-state index contributed by atoms with van der Waals surface area (Å²) in [5.74, 6) is 1.76. The number of benzene rings is 1. The van der Waals surface area contributed by atoms with Gasteiger partial charge in [-0.25, -0.2) is 0 Å². The number of aromatic nitrogens is 3. The van der Waals surface area contributed by atoms with E-state index in [1.54, 1.807) is 13.4 Å². The first-order valence-electron chi connectivity index (χ1n) is 5.56. The highest BCUT2D eigenvalue weighted by Gasteiger charge is 2.03. The van der Waals surface area contributed by atoms with Gasteiger partial charge in [0.05, 0.1) is 18.1 Å². The summed E-state index contributed by atoms with van der Waals surface area (Å²) < 4.78 is 8.05. The second kappa shape index (κ2) is 5.97. The highest BCUT2D eigenvalue weighted by atomic mass is 79.9. The molecule has 1 heterocycles. The molecule has 0 atom stereocenters. The van der Waals surface area contributed by atoms with Gasteiger partial charge in [-0.1, -0.05) is 6.07 Å². The molecule has 6 heteroatoms. The minimum atomic E-state index is 0.695. The first kappa shape index (κ1) is 13.0. The molecule has 0 aliphatic rings. The number of aryl methyl sites for hydroxylation is 1. The summed E-state index contributed by atoms with van der Waals surface area (Å²) in [7, 11) is 3.59. The molecular formula is C12H15BrN4O. The Morgan fingerprint density at radius 1 is 1.39 bits per heavy atom. The Morgan fingerprint density at radius 2 is 2.22 bits per heavy atom. The number of nitrogens with zero attached hydrogens (tertiary/aromatic N) is 3. The van der Waals surface area contributed by atoms with Gasteiger partial charge in [-0.3, -0.25) is 0 Å². The van der Waals surface area contributed by atoms with Crippen molar-refractivity contribution in [1.82, 2.24) is 20.1 Å². The lowest BCUT2D eigenvalue weighted by Crippen LogP contribution is -2.15. The van der Waals surface area contributed by atoms with Gasteiger partial charge in [0.1, 0.15) is 17.9 Å². The molecule has 0 amide bonds. The zero-order valence-corrected chi connectivity index (χ0v) is 11.9. The van der Waals surface area contributed by atoms with Gasteiger partial charge >= 0.3 is 0 Å². The zero-order valence-electron chi connectivity index (χ0n) is 10.4. The normalized spacial score (nSPS) is 10.6. The standard InChI is InChI=1S/C12H15BrN4O/c1-17-8-15-16-12(17)7-14-6-9-3-4-11(18-2)10(13)5-9/h3-5,8,14H,6-7H2,1-2H3. The highest BCUT2D eigenvalue weighted by Crippen LogP contribution is 2.25. The molecule has 0 radical (unpaired) electrons. The minimum absolute atomic E-state index is 0.695. The van der Waals surface area contributed by atoms with Crippen LogP contribution in [0.3, 0.4) is 0 Å². The minimum Gasteiger partial charge on any atom is -0.496 e. The molecule has 0 aliphatic heterocycles. The molecule has 1 aromatic carbocycles. The molecule has 2 aromatic rings. The molecule has 0 saturated carbocycles. The fourth-order valence-corrected chi connectivity index (χ4v) is 2.19. The predicted molar refractivity (Wildman–Crippen MR) is 72.2 cm³/mol. The third kappa shape index (κ3) is 3.08. The van der Waals surface area contributed by atoms with Crippen LogP contribution in [0.25, 0.3) is 0 Å². The monoisotopic (exact) mass is 310 g/mol. The van der Waals surface area contributed by atoms with E-state index < -0.39 is 0 Å². The van der Waals surface area contributed by atoms with Crippen LogP contribution in [0.2, 0.25) is 0 Å². The van der Waals surface area contributed by atoms with Crippen LogP contribution in [0.1, 0.15) is 11.4 Å². The quantitative estimate of drug-likeness (QED) is 0.916. The van der Waals surface area contributed by atoms with Crippen LogP contribution in [0.15, 0.2) is 29.0 Å². The van der Waals surface area contributed by atoms with Gasteiger partial charge in [-0.15, -0.1) is 10.2 Å². The average Bonchev–Trinajstić information content (AvgIpc) is 2.75. The van der Waals surface area contributed by atoms with Gasteiger partial charge in [-0.2, -0.15) is 0 Å². The smallest absolute Gasteiger partial charge is 0.146 e. The van der Waals surface area contributed by atoms with Crippen molar-refractivity contribution in [1.29, 1.82) is 0 Å². The summed E-state index contributed by atoms with van der Waals surface area (Å²) >= 11 is 3.47. The van der Waals surface area contributed by atoms with E-state index in [0.29, 0.717) is 6.54 Å². The third-order valence-electron chi connectivity index (χ3n) is 2.63. The lowest BCUT2D eigenvalue weighted by atomic mass is 10.2. The van der Waals surface area contributed by atoms with Gasteiger partial charge in [0, 0.05) is 13.6 Å². The van der Waals surface area contributed by atoms with Crippen LogP contribution in [-0.4, -0.2) is 21.9 Å². The summed E-state index contributed by atoms with van der Waals surface area (Å²) in [6.45, 7) is 1.47. The highest BCUT2D eigenvalue weighted by molar-refractivity contribution is 9.10. The van der Waals surface area contributed by atoms with Gasteiger partial charge in [-0.05, 0) is 33.6 Å². The molecule has 5 nitrogen and oxygen atoms in total. The van der Waals surface area contributed by atoms with Crippen molar-refractivity contribution in [2.45, 2.75) is 13.1 Å². The van der Waals surface area contributed by atoms with Crippen LogP contribution < -0.4 is 10.1 Å². The largest absolute Gasteiger partial charge is 0.496 e. The zero-order chi connectivity index (χ0) is 13.0. The molecule has 2 rings (SSSR count). The number of ether oxygens (including phenoxy) is 1. The summed E-state index contributed by atoms with van der Waals surface area (Å²) in [5, 5.41) is 11.2. The van der Waals surface area contributed by atoms with Crippen molar-refractivity contribution in [3.05, 3.63) is 40.4 Å². The van der Waals surface area contributed by atoms with Crippen LogP contribution in [0, 0.1) is 0 Å². The number of methoxy groups -OCH3 is 1. The summed E-state index contributed by atoms with van der Waals surface area (Å²) in [4.78, 5) is 0. The topological polar surface area (TPSA) is 52.0 Å². The number of rotatable bonds is 5.